The second kappa shape index (κ2) is 4.69. The van der Waals surface area contributed by atoms with E-state index < -0.39 is 0 Å². The minimum Gasteiger partial charge on any atom is -0.436 e. The Morgan fingerprint density at radius 1 is 1.25 bits per heavy atom. The van der Waals surface area contributed by atoms with Crippen molar-refractivity contribution in [3.63, 3.8) is 0 Å². The van der Waals surface area contributed by atoms with Gasteiger partial charge in [0.1, 0.15) is 5.75 Å². The molecule has 84 valence electrons. The molecule has 1 heterocycles. The molecule has 0 radical (unpaired) electrons. The van der Waals surface area contributed by atoms with E-state index in [0.717, 1.165) is 27.3 Å². The molecule has 2 aromatic rings. The zero-order valence-corrected chi connectivity index (χ0v) is 11.8. The first-order valence-electron chi connectivity index (χ1n) is 4.50. The molecule has 3 nitrogen and oxygen atoms in total. The second-order valence-corrected chi connectivity index (χ2v) is 5.01. The number of benzene rings is 1. The van der Waals surface area contributed by atoms with Crippen molar-refractivity contribution in [2.45, 2.75) is 13.8 Å². The van der Waals surface area contributed by atoms with Gasteiger partial charge in [0, 0.05) is 4.47 Å². The Balaban J connectivity index is 2.33. The van der Waals surface area contributed by atoms with E-state index >= 15 is 0 Å². The zero-order chi connectivity index (χ0) is 11.7. The quantitative estimate of drug-likeness (QED) is 0.825. The van der Waals surface area contributed by atoms with Crippen molar-refractivity contribution in [2.75, 3.05) is 0 Å². The minimum absolute atomic E-state index is 0.295. The third-order valence-electron chi connectivity index (χ3n) is 2.05. The van der Waals surface area contributed by atoms with E-state index in [1.807, 2.05) is 26.0 Å². The van der Waals surface area contributed by atoms with Gasteiger partial charge in [0.15, 0.2) is 0 Å². The molecule has 1 aromatic carbocycles. The fourth-order valence-corrected chi connectivity index (χ4v) is 2.15. The Morgan fingerprint density at radius 3 is 2.38 bits per heavy atom. The summed E-state index contributed by atoms with van der Waals surface area (Å²) in [6.45, 7) is 4.01. The van der Waals surface area contributed by atoms with Gasteiger partial charge in [-0.3, -0.25) is 0 Å². The van der Waals surface area contributed by atoms with Crippen LogP contribution in [0, 0.1) is 13.8 Å². The van der Waals surface area contributed by atoms with Gasteiger partial charge < -0.3 is 4.74 Å². The van der Waals surface area contributed by atoms with E-state index in [4.69, 9.17) is 16.3 Å². The Morgan fingerprint density at radius 2 is 1.88 bits per heavy atom. The molecule has 0 bridgehead atoms. The highest BCUT2D eigenvalue weighted by molar-refractivity contribution is 9.10. The summed E-state index contributed by atoms with van der Waals surface area (Å²) in [6.07, 6.45) is 0. The fourth-order valence-electron chi connectivity index (χ4n) is 1.31. The third kappa shape index (κ3) is 2.36. The number of aryl methyl sites for hydroxylation is 2. The van der Waals surface area contributed by atoms with Gasteiger partial charge in [0.25, 0.3) is 5.88 Å². The number of nitrogens with zero attached hydrogens (tertiary/aromatic N) is 2. The van der Waals surface area contributed by atoms with E-state index in [1.54, 1.807) is 0 Å². The van der Waals surface area contributed by atoms with Crippen LogP contribution in [0.25, 0.3) is 0 Å². The van der Waals surface area contributed by atoms with E-state index in [-0.39, 0.29) is 0 Å². The number of ether oxygens (including phenoxy) is 1. The molecule has 0 aliphatic carbocycles. The highest BCUT2D eigenvalue weighted by Crippen LogP contribution is 2.31. The maximum atomic E-state index is 5.80. The van der Waals surface area contributed by atoms with Crippen molar-refractivity contribution in [1.29, 1.82) is 0 Å². The van der Waals surface area contributed by atoms with Gasteiger partial charge in [-0.1, -0.05) is 27.5 Å². The maximum absolute atomic E-state index is 5.80. The fraction of sp³-hybridized carbons (Fsp3) is 0.200. The Bertz CT molecular complexity index is 506. The molecule has 2 rings (SSSR count). The summed E-state index contributed by atoms with van der Waals surface area (Å²) < 4.78 is 14.4. The van der Waals surface area contributed by atoms with Crippen LogP contribution in [0.4, 0.5) is 0 Å². The molecule has 0 aliphatic rings. The first-order chi connectivity index (χ1) is 7.58. The topological polar surface area (TPSA) is 35.0 Å². The Hall–Kier alpha value is -0.650. The van der Waals surface area contributed by atoms with Crippen molar-refractivity contribution in [3.8, 4) is 11.6 Å². The highest BCUT2D eigenvalue weighted by atomic mass is 79.9. The third-order valence-corrected chi connectivity index (χ3v) is 4.15. The van der Waals surface area contributed by atoms with E-state index in [1.165, 1.54) is 0 Å². The molecule has 0 amide bonds. The number of hydrogen-bond donors (Lipinski definition) is 0. The van der Waals surface area contributed by atoms with Crippen molar-refractivity contribution in [1.82, 2.24) is 8.75 Å². The van der Waals surface area contributed by atoms with Gasteiger partial charge in [0.2, 0.25) is 5.15 Å². The molecule has 0 saturated carbocycles. The molecular weight excluding hydrogens is 312 g/mol. The van der Waals surface area contributed by atoms with Gasteiger partial charge in [-0.2, -0.15) is 4.37 Å². The summed E-state index contributed by atoms with van der Waals surface area (Å²) in [6, 6.07) is 3.85. The van der Waals surface area contributed by atoms with Crippen LogP contribution in [0.1, 0.15) is 11.1 Å². The lowest BCUT2D eigenvalue weighted by Gasteiger charge is -2.07. The lowest BCUT2D eigenvalue weighted by molar-refractivity contribution is 0.467. The van der Waals surface area contributed by atoms with Gasteiger partial charge in [-0.15, -0.1) is 4.37 Å². The van der Waals surface area contributed by atoms with Crippen LogP contribution in [0.5, 0.6) is 11.6 Å². The molecule has 0 saturated heterocycles. The summed E-state index contributed by atoms with van der Waals surface area (Å²) in [7, 11) is 0. The highest BCUT2D eigenvalue weighted by Gasteiger charge is 2.09. The summed E-state index contributed by atoms with van der Waals surface area (Å²) in [4.78, 5) is 0. The molecule has 0 spiro atoms. The average Bonchev–Trinajstić information content (AvgIpc) is 2.61. The summed E-state index contributed by atoms with van der Waals surface area (Å²) in [5.74, 6) is 1.07. The smallest absolute Gasteiger partial charge is 0.270 e. The van der Waals surface area contributed by atoms with E-state index in [2.05, 4.69) is 24.7 Å². The van der Waals surface area contributed by atoms with Gasteiger partial charge in [-0.05, 0) is 37.1 Å². The van der Waals surface area contributed by atoms with Crippen molar-refractivity contribution in [2.24, 2.45) is 0 Å². The molecule has 0 aliphatic heterocycles. The van der Waals surface area contributed by atoms with Crippen molar-refractivity contribution in [3.05, 3.63) is 32.9 Å². The average molecular weight is 320 g/mol. The monoisotopic (exact) mass is 318 g/mol. The van der Waals surface area contributed by atoms with Crippen molar-refractivity contribution >= 4 is 39.3 Å². The molecule has 1 aromatic heterocycles. The SMILES string of the molecule is Cc1cc(Oc2nsnc2Cl)cc(C)c1Br. The molecule has 0 fully saturated rings. The number of aromatic nitrogens is 2. The number of hydrogen-bond acceptors (Lipinski definition) is 4. The zero-order valence-electron chi connectivity index (χ0n) is 8.62. The van der Waals surface area contributed by atoms with Crippen LogP contribution >= 0.6 is 39.3 Å². The van der Waals surface area contributed by atoms with E-state index in [0.29, 0.717) is 16.8 Å². The second-order valence-electron chi connectivity index (χ2n) is 3.33. The maximum Gasteiger partial charge on any atom is 0.270 e. The van der Waals surface area contributed by atoms with Crippen LogP contribution in [0.3, 0.4) is 0 Å². The van der Waals surface area contributed by atoms with Crippen molar-refractivity contribution < 1.29 is 4.74 Å². The molecular formula is C10H8BrClN2OS. The normalized spacial score (nSPS) is 10.5. The number of halogens is 2. The molecule has 16 heavy (non-hydrogen) atoms. The van der Waals surface area contributed by atoms with Crippen LogP contribution in [-0.2, 0) is 0 Å². The summed E-state index contributed by atoms with van der Waals surface area (Å²) >= 11 is 10.3. The van der Waals surface area contributed by atoms with Gasteiger partial charge in [0.05, 0.1) is 11.7 Å². The number of rotatable bonds is 2. The van der Waals surface area contributed by atoms with Crippen LogP contribution in [0.2, 0.25) is 5.15 Å². The predicted molar refractivity (Wildman–Crippen MR) is 68.6 cm³/mol. The first kappa shape index (κ1) is 11.8. The largest absolute Gasteiger partial charge is 0.436 e. The lowest BCUT2D eigenvalue weighted by Crippen LogP contribution is -1.89. The summed E-state index contributed by atoms with van der Waals surface area (Å²) in [5.41, 5.74) is 2.21. The van der Waals surface area contributed by atoms with E-state index in [9.17, 15) is 0 Å². The predicted octanol–water partition coefficient (Wildman–Crippen LogP) is 4.36. The first-order valence-corrected chi connectivity index (χ1v) is 6.40. The van der Waals surface area contributed by atoms with Crippen LogP contribution in [-0.4, -0.2) is 8.75 Å². The molecule has 0 unspecified atom stereocenters. The Kier molecular flexibility index (Phi) is 3.47. The lowest BCUT2D eigenvalue weighted by atomic mass is 10.1. The molecule has 0 atom stereocenters. The molecule has 0 N–H and O–H groups in total. The minimum atomic E-state index is 0.295. The van der Waals surface area contributed by atoms with Crippen LogP contribution in [0.15, 0.2) is 16.6 Å². The molecule has 6 heteroatoms. The van der Waals surface area contributed by atoms with Gasteiger partial charge >= 0.3 is 0 Å². The summed E-state index contributed by atoms with van der Waals surface area (Å²) in [5, 5.41) is 0.295. The van der Waals surface area contributed by atoms with Gasteiger partial charge in [-0.25, -0.2) is 0 Å². The standard InChI is InChI=1S/C10H8BrClN2OS/c1-5-3-7(4-6(2)8(5)11)15-10-9(12)13-16-14-10/h3-4H,1-2H3. The Labute approximate surface area is 111 Å². The van der Waals surface area contributed by atoms with Crippen LogP contribution < -0.4 is 4.74 Å².